The van der Waals surface area contributed by atoms with Crippen molar-refractivity contribution in [3.8, 4) is 0 Å². The summed E-state index contributed by atoms with van der Waals surface area (Å²) in [6.45, 7) is 5.03. The third-order valence-corrected chi connectivity index (χ3v) is 6.60. The van der Waals surface area contributed by atoms with Gasteiger partial charge in [-0.25, -0.2) is 17.9 Å². The van der Waals surface area contributed by atoms with Crippen molar-refractivity contribution >= 4 is 21.7 Å². The van der Waals surface area contributed by atoms with Gasteiger partial charge in [-0.05, 0) is 56.0 Å². The predicted octanol–water partition coefficient (Wildman–Crippen LogP) is 2.90. The molecule has 0 amide bonds. The van der Waals surface area contributed by atoms with Crippen LogP contribution in [0.25, 0.3) is 0 Å². The van der Waals surface area contributed by atoms with Crippen molar-refractivity contribution in [1.82, 2.24) is 4.72 Å². The summed E-state index contributed by atoms with van der Waals surface area (Å²) in [5.74, 6) is -0.545. The average molecular weight is 403 g/mol. The van der Waals surface area contributed by atoms with E-state index in [0.717, 1.165) is 13.0 Å². The average Bonchev–Trinajstić information content (AvgIpc) is 3.00. The van der Waals surface area contributed by atoms with Crippen LogP contribution in [0.3, 0.4) is 0 Å². The maximum Gasteiger partial charge on any atom is 0.338 e. The molecule has 0 spiro atoms. The van der Waals surface area contributed by atoms with Gasteiger partial charge in [-0.1, -0.05) is 24.3 Å². The van der Waals surface area contributed by atoms with Crippen LogP contribution in [0.15, 0.2) is 47.4 Å². The van der Waals surface area contributed by atoms with E-state index in [0.29, 0.717) is 24.6 Å². The Labute approximate surface area is 166 Å². The summed E-state index contributed by atoms with van der Waals surface area (Å²) in [5, 5.41) is 0. The molecule has 0 aromatic heterocycles. The van der Waals surface area contributed by atoms with Crippen LogP contribution in [0, 0.1) is 6.92 Å². The fourth-order valence-corrected chi connectivity index (χ4v) is 4.71. The second kappa shape index (κ2) is 8.32. The number of esters is 1. The summed E-state index contributed by atoms with van der Waals surface area (Å²) in [4.78, 5) is 14.2. The van der Waals surface area contributed by atoms with E-state index in [2.05, 4.69) is 28.7 Å². The number of carbonyl (C=O) groups is 1. The van der Waals surface area contributed by atoms with Crippen LogP contribution in [-0.2, 0) is 21.2 Å². The molecule has 0 aliphatic carbocycles. The maximum absolute atomic E-state index is 12.6. The highest BCUT2D eigenvalue weighted by Crippen LogP contribution is 2.31. The van der Waals surface area contributed by atoms with Gasteiger partial charge in [-0.2, -0.15) is 0 Å². The number of nitrogens with zero attached hydrogens (tertiary/aromatic N) is 1. The van der Waals surface area contributed by atoms with Gasteiger partial charge < -0.3 is 9.64 Å². The zero-order valence-corrected chi connectivity index (χ0v) is 17.3. The topological polar surface area (TPSA) is 75.7 Å². The number of hydrogen-bond donors (Lipinski definition) is 1. The van der Waals surface area contributed by atoms with Crippen molar-refractivity contribution in [3.63, 3.8) is 0 Å². The predicted molar refractivity (Wildman–Crippen MR) is 109 cm³/mol. The highest BCUT2D eigenvalue weighted by Gasteiger charge is 2.25. The molecule has 0 fully saturated rings. The van der Waals surface area contributed by atoms with Gasteiger partial charge in [0, 0.05) is 24.8 Å². The van der Waals surface area contributed by atoms with Gasteiger partial charge in [0.2, 0.25) is 10.0 Å². The number of ether oxygens (including phenoxy) is 1. The van der Waals surface area contributed by atoms with E-state index in [-0.39, 0.29) is 10.5 Å². The van der Waals surface area contributed by atoms with Crippen LogP contribution in [0.2, 0.25) is 0 Å². The Morgan fingerprint density at radius 2 is 2.00 bits per heavy atom. The summed E-state index contributed by atoms with van der Waals surface area (Å²) < 4.78 is 32.5. The molecule has 2 aromatic rings. The monoisotopic (exact) mass is 402 g/mol. The third-order valence-electron chi connectivity index (χ3n) is 5.14. The zero-order chi connectivity index (χ0) is 20.3. The van der Waals surface area contributed by atoms with Crippen molar-refractivity contribution in [3.05, 3.63) is 59.2 Å². The summed E-state index contributed by atoms with van der Waals surface area (Å²) in [5.41, 5.74) is 3.50. The number of fused-ring (bicyclic) bond motifs is 1. The number of benzene rings is 2. The van der Waals surface area contributed by atoms with Crippen LogP contribution in [0.4, 0.5) is 5.69 Å². The number of sulfonamides is 1. The first kappa shape index (κ1) is 20.4. The Balaban J connectivity index is 1.61. The first-order valence-corrected chi connectivity index (χ1v) is 10.8. The molecule has 0 bridgehead atoms. The molecule has 6 nitrogen and oxygen atoms in total. The van der Waals surface area contributed by atoms with Crippen molar-refractivity contribution in [2.24, 2.45) is 0 Å². The van der Waals surface area contributed by atoms with Gasteiger partial charge in [-0.15, -0.1) is 0 Å². The highest BCUT2D eigenvalue weighted by atomic mass is 32.2. The van der Waals surface area contributed by atoms with E-state index >= 15 is 0 Å². The molecule has 0 radical (unpaired) electrons. The van der Waals surface area contributed by atoms with Crippen molar-refractivity contribution in [2.75, 3.05) is 25.1 Å². The first-order chi connectivity index (χ1) is 13.3. The largest absolute Gasteiger partial charge is 0.465 e. The summed E-state index contributed by atoms with van der Waals surface area (Å²) in [7, 11) is -2.41. The smallest absolute Gasteiger partial charge is 0.338 e. The quantitative estimate of drug-likeness (QED) is 0.569. The highest BCUT2D eigenvalue weighted by molar-refractivity contribution is 7.89. The molecule has 0 saturated heterocycles. The van der Waals surface area contributed by atoms with Crippen LogP contribution in [0.5, 0.6) is 0 Å². The number of anilines is 1. The summed E-state index contributed by atoms with van der Waals surface area (Å²) in [6.07, 6.45) is 1.70. The second-order valence-corrected chi connectivity index (χ2v) is 8.86. The second-order valence-electron chi connectivity index (χ2n) is 7.09. The molecule has 3 rings (SSSR count). The molecule has 1 heterocycles. The first-order valence-electron chi connectivity index (χ1n) is 9.36. The van der Waals surface area contributed by atoms with Crippen LogP contribution in [0.1, 0.15) is 34.8 Å². The van der Waals surface area contributed by atoms with Gasteiger partial charge in [0.25, 0.3) is 0 Å². The molecule has 1 aliphatic rings. The minimum Gasteiger partial charge on any atom is -0.465 e. The summed E-state index contributed by atoms with van der Waals surface area (Å²) in [6, 6.07) is 13.2. The van der Waals surface area contributed by atoms with E-state index in [4.69, 9.17) is 4.74 Å². The normalized spacial score (nSPS) is 16.1. The van der Waals surface area contributed by atoms with Gasteiger partial charge in [0.05, 0.1) is 17.6 Å². The lowest BCUT2D eigenvalue weighted by atomic mass is 10.1. The Hall–Kier alpha value is -2.38. The molecule has 7 heteroatoms. The van der Waals surface area contributed by atoms with Gasteiger partial charge in [0.15, 0.2) is 0 Å². The minimum atomic E-state index is -3.69. The molecule has 1 N–H and O–H groups in total. The molecule has 1 aliphatic heterocycles. The molecule has 0 unspecified atom stereocenters. The lowest BCUT2D eigenvalue weighted by molar-refractivity contribution is 0.0599. The van der Waals surface area contributed by atoms with Crippen LogP contribution >= 0.6 is 0 Å². The van der Waals surface area contributed by atoms with E-state index in [9.17, 15) is 13.2 Å². The number of para-hydroxylation sites is 1. The van der Waals surface area contributed by atoms with E-state index in [1.807, 2.05) is 12.1 Å². The molecular weight excluding hydrogens is 376 g/mol. The number of methoxy groups -OCH3 is 1. The van der Waals surface area contributed by atoms with Gasteiger partial charge >= 0.3 is 5.97 Å². The molecule has 1 atom stereocenters. The fourth-order valence-electron chi connectivity index (χ4n) is 3.61. The molecule has 28 heavy (non-hydrogen) atoms. The maximum atomic E-state index is 12.6. The van der Waals surface area contributed by atoms with Gasteiger partial charge in [0.1, 0.15) is 0 Å². The number of aryl methyl sites for hydroxylation is 1. The Morgan fingerprint density at radius 1 is 1.25 bits per heavy atom. The third kappa shape index (κ3) is 4.20. The SMILES string of the molecule is COC(=O)c1cc(S(=O)(=O)NCCCN2c3ccccc3C[C@@H]2C)ccc1C. The number of rotatable bonds is 7. The zero-order valence-electron chi connectivity index (χ0n) is 16.4. The Kier molecular flexibility index (Phi) is 6.05. The molecule has 0 saturated carbocycles. The van der Waals surface area contributed by atoms with E-state index in [1.165, 1.54) is 30.5 Å². The number of nitrogens with one attached hydrogen (secondary N) is 1. The lowest BCUT2D eigenvalue weighted by Crippen LogP contribution is -2.33. The minimum absolute atomic E-state index is 0.0680. The number of carbonyl (C=O) groups excluding carboxylic acids is 1. The van der Waals surface area contributed by atoms with Gasteiger partial charge in [-0.3, -0.25) is 0 Å². The lowest BCUT2D eigenvalue weighted by Gasteiger charge is -2.24. The van der Waals surface area contributed by atoms with Crippen LogP contribution < -0.4 is 9.62 Å². The van der Waals surface area contributed by atoms with Crippen molar-refractivity contribution in [1.29, 1.82) is 0 Å². The Bertz CT molecular complexity index is 972. The molecule has 2 aromatic carbocycles. The van der Waals surface area contributed by atoms with E-state index in [1.54, 1.807) is 13.0 Å². The Morgan fingerprint density at radius 3 is 2.75 bits per heavy atom. The fraction of sp³-hybridized carbons (Fsp3) is 0.381. The number of hydrogen-bond acceptors (Lipinski definition) is 5. The van der Waals surface area contributed by atoms with Crippen molar-refractivity contribution in [2.45, 2.75) is 37.6 Å². The van der Waals surface area contributed by atoms with Crippen LogP contribution in [-0.4, -0.2) is 40.6 Å². The van der Waals surface area contributed by atoms with Crippen molar-refractivity contribution < 1.29 is 17.9 Å². The van der Waals surface area contributed by atoms with E-state index < -0.39 is 16.0 Å². The molecular formula is C21H26N2O4S. The summed E-state index contributed by atoms with van der Waals surface area (Å²) >= 11 is 0. The molecule has 150 valence electrons. The standard InChI is InChI=1S/C21H26N2O4S/c1-15-9-10-18(14-19(15)21(24)27-3)28(25,26)22-11-6-12-23-16(2)13-17-7-4-5-8-20(17)23/h4-5,7-10,14,16,22H,6,11-13H2,1-3H3/t16-/m0/s1.